The van der Waals surface area contributed by atoms with Gasteiger partial charge in [-0.15, -0.1) is 0 Å². The summed E-state index contributed by atoms with van der Waals surface area (Å²) in [4.78, 5) is -0.0674. The van der Waals surface area contributed by atoms with Gasteiger partial charge in [0.05, 0.1) is 10.6 Å². The molecule has 0 spiro atoms. The van der Waals surface area contributed by atoms with E-state index in [1.165, 1.54) is 6.07 Å². The van der Waals surface area contributed by atoms with E-state index in [1.54, 1.807) is 0 Å². The van der Waals surface area contributed by atoms with Gasteiger partial charge in [0.1, 0.15) is 5.82 Å². The second-order valence-corrected chi connectivity index (χ2v) is 6.29. The quantitative estimate of drug-likeness (QED) is 0.586. The van der Waals surface area contributed by atoms with Gasteiger partial charge in [-0.3, -0.25) is 0 Å². The lowest BCUT2D eigenvalue weighted by Crippen LogP contribution is -2.08. The fourth-order valence-corrected chi connectivity index (χ4v) is 3.07. The van der Waals surface area contributed by atoms with Gasteiger partial charge in [0.2, 0.25) is 0 Å². The van der Waals surface area contributed by atoms with E-state index < -0.39 is 15.7 Å². The summed E-state index contributed by atoms with van der Waals surface area (Å²) in [5.41, 5.74) is 5.52. The number of anilines is 1. The third-order valence-electron chi connectivity index (χ3n) is 2.57. The third kappa shape index (κ3) is 4.62. The summed E-state index contributed by atoms with van der Waals surface area (Å²) in [6.07, 6.45) is 2.69. The molecule has 0 saturated heterocycles. The van der Waals surface area contributed by atoms with Crippen molar-refractivity contribution in [3.63, 3.8) is 0 Å². The summed E-state index contributed by atoms with van der Waals surface area (Å²) in [7, 11) is -3.47. The number of aliphatic hydroxyl groups is 1. The summed E-state index contributed by atoms with van der Waals surface area (Å²) in [5.74, 6) is -0.671. The molecule has 6 heteroatoms. The smallest absolute Gasteiger partial charge is 0.178 e. The number of halogens is 1. The van der Waals surface area contributed by atoms with Crippen LogP contribution in [0.25, 0.3) is 0 Å². The van der Waals surface area contributed by atoms with Crippen LogP contribution in [-0.4, -0.2) is 25.9 Å². The minimum atomic E-state index is -3.47. The van der Waals surface area contributed by atoms with Crippen molar-refractivity contribution in [2.24, 2.45) is 0 Å². The molecule has 0 bridgehead atoms. The van der Waals surface area contributed by atoms with E-state index >= 15 is 0 Å². The molecule has 102 valence electrons. The third-order valence-corrected chi connectivity index (χ3v) is 4.35. The lowest BCUT2D eigenvalue weighted by Gasteiger charge is -2.05. The molecule has 0 fully saturated rings. The maximum absolute atomic E-state index is 13.1. The van der Waals surface area contributed by atoms with Gasteiger partial charge in [0.25, 0.3) is 0 Å². The molecule has 0 amide bonds. The van der Waals surface area contributed by atoms with Crippen molar-refractivity contribution < 1.29 is 17.9 Å². The number of nitrogens with two attached hydrogens (primary N) is 1. The predicted octanol–water partition coefficient (Wildman–Crippen LogP) is 1.73. The molecule has 3 N–H and O–H groups in total. The summed E-state index contributed by atoms with van der Waals surface area (Å²) < 4.78 is 36.9. The van der Waals surface area contributed by atoms with Crippen molar-refractivity contribution >= 4 is 15.5 Å². The monoisotopic (exact) mass is 275 g/mol. The van der Waals surface area contributed by atoms with Crippen LogP contribution in [0.2, 0.25) is 0 Å². The molecule has 1 aromatic rings. The van der Waals surface area contributed by atoms with Gasteiger partial charge in [-0.25, -0.2) is 12.8 Å². The molecule has 0 aliphatic heterocycles. The number of rotatable bonds is 7. The molecular weight excluding hydrogens is 257 g/mol. The molecule has 18 heavy (non-hydrogen) atoms. The first-order valence-electron chi connectivity index (χ1n) is 5.85. The van der Waals surface area contributed by atoms with E-state index in [1.807, 2.05) is 0 Å². The van der Waals surface area contributed by atoms with Gasteiger partial charge < -0.3 is 10.8 Å². The minimum Gasteiger partial charge on any atom is -0.399 e. The Bertz CT molecular complexity index is 468. The number of nitrogen functional groups attached to an aromatic ring is 1. The van der Waals surface area contributed by atoms with Gasteiger partial charge in [-0.05, 0) is 31.0 Å². The zero-order valence-electron chi connectivity index (χ0n) is 10.1. The largest absolute Gasteiger partial charge is 0.399 e. The molecule has 0 saturated carbocycles. The maximum Gasteiger partial charge on any atom is 0.178 e. The molecule has 1 rings (SSSR count). The van der Waals surface area contributed by atoms with Crippen LogP contribution >= 0.6 is 0 Å². The van der Waals surface area contributed by atoms with Gasteiger partial charge in [-0.2, -0.15) is 0 Å². The summed E-state index contributed by atoms with van der Waals surface area (Å²) in [6, 6.07) is 3.34. The Hall–Kier alpha value is -1.14. The van der Waals surface area contributed by atoms with E-state index in [4.69, 9.17) is 10.8 Å². The van der Waals surface area contributed by atoms with Crippen molar-refractivity contribution in [2.45, 2.75) is 30.6 Å². The SMILES string of the molecule is Nc1cc(F)cc(S(=O)(=O)CCCCCCO)c1. The molecule has 0 aromatic heterocycles. The normalized spacial score (nSPS) is 11.7. The van der Waals surface area contributed by atoms with Crippen LogP contribution in [0.4, 0.5) is 10.1 Å². The van der Waals surface area contributed by atoms with Crippen LogP contribution in [0.15, 0.2) is 23.1 Å². The highest BCUT2D eigenvalue weighted by Gasteiger charge is 2.15. The van der Waals surface area contributed by atoms with Crippen LogP contribution in [0, 0.1) is 5.82 Å². The van der Waals surface area contributed by atoms with Gasteiger partial charge in [0.15, 0.2) is 9.84 Å². The second kappa shape index (κ2) is 6.70. The molecule has 0 heterocycles. The highest BCUT2D eigenvalue weighted by Crippen LogP contribution is 2.18. The van der Waals surface area contributed by atoms with Crippen LogP contribution in [0.1, 0.15) is 25.7 Å². The van der Waals surface area contributed by atoms with Crippen LogP contribution in [0.3, 0.4) is 0 Å². The average molecular weight is 275 g/mol. The minimum absolute atomic E-state index is 0.0265. The Kier molecular flexibility index (Phi) is 5.55. The van der Waals surface area contributed by atoms with Crippen molar-refractivity contribution in [2.75, 3.05) is 18.1 Å². The number of unbranched alkanes of at least 4 members (excludes halogenated alkanes) is 3. The molecule has 0 aliphatic carbocycles. The topological polar surface area (TPSA) is 80.4 Å². The fraction of sp³-hybridized carbons (Fsp3) is 0.500. The standard InChI is InChI=1S/C12H18FNO3S/c13-10-7-11(14)9-12(8-10)18(16,17)6-4-2-1-3-5-15/h7-9,15H,1-6,14H2. The van der Waals surface area contributed by atoms with Crippen molar-refractivity contribution in [3.8, 4) is 0 Å². The lowest BCUT2D eigenvalue weighted by atomic mass is 10.2. The fourth-order valence-electron chi connectivity index (χ4n) is 1.64. The molecule has 0 radical (unpaired) electrons. The Balaban J connectivity index is 2.63. The average Bonchev–Trinajstić information content (AvgIpc) is 2.27. The molecule has 4 nitrogen and oxygen atoms in total. The van der Waals surface area contributed by atoms with E-state index in [-0.39, 0.29) is 22.9 Å². The van der Waals surface area contributed by atoms with E-state index in [0.717, 1.165) is 25.0 Å². The first kappa shape index (κ1) is 14.9. The van der Waals surface area contributed by atoms with Gasteiger partial charge in [-0.1, -0.05) is 12.8 Å². The van der Waals surface area contributed by atoms with Gasteiger partial charge >= 0.3 is 0 Å². The zero-order chi connectivity index (χ0) is 13.6. The van der Waals surface area contributed by atoms with E-state index in [2.05, 4.69) is 0 Å². The van der Waals surface area contributed by atoms with E-state index in [9.17, 15) is 12.8 Å². The second-order valence-electron chi connectivity index (χ2n) is 4.18. The highest BCUT2D eigenvalue weighted by atomic mass is 32.2. The van der Waals surface area contributed by atoms with Crippen LogP contribution in [0.5, 0.6) is 0 Å². The van der Waals surface area contributed by atoms with Crippen LogP contribution < -0.4 is 5.73 Å². The number of aliphatic hydroxyl groups excluding tert-OH is 1. The molecular formula is C12H18FNO3S. The highest BCUT2D eigenvalue weighted by molar-refractivity contribution is 7.91. The summed E-state index contributed by atoms with van der Waals surface area (Å²) in [5, 5.41) is 8.59. The molecule has 0 unspecified atom stereocenters. The zero-order valence-corrected chi connectivity index (χ0v) is 10.9. The van der Waals surface area contributed by atoms with Crippen molar-refractivity contribution in [1.82, 2.24) is 0 Å². The Morgan fingerprint density at radius 3 is 2.39 bits per heavy atom. The number of hydrogen-bond donors (Lipinski definition) is 2. The summed E-state index contributed by atoms with van der Waals surface area (Å²) in [6.45, 7) is 0.118. The van der Waals surface area contributed by atoms with E-state index in [0.29, 0.717) is 12.8 Å². The van der Waals surface area contributed by atoms with Crippen molar-refractivity contribution in [3.05, 3.63) is 24.0 Å². The number of benzene rings is 1. The first-order chi connectivity index (χ1) is 8.45. The van der Waals surface area contributed by atoms with Crippen LogP contribution in [-0.2, 0) is 9.84 Å². The molecule has 1 aromatic carbocycles. The Morgan fingerprint density at radius 1 is 1.11 bits per heavy atom. The number of hydrogen-bond acceptors (Lipinski definition) is 4. The van der Waals surface area contributed by atoms with Crippen molar-refractivity contribution in [1.29, 1.82) is 0 Å². The summed E-state index contributed by atoms with van der Waals surface area (Å²) >= 11 is 0. The van der Waals surface area contributed by atoms with Gasteiger partial charge in [0, 0.05) is 12.3 Å². The number of sulfone groups is 1. The lowest BCUT2D eigenvalue weighted by molar-refractivity contribution is 0.283. The first-order valence-corrected chi connectivity index (χ1v) is 7.50. The molecule has 0 atom stereocenters. The predicted molar refractivity (Wildman–Crippen MR) is 68.4 cm³/mol. The molecule has 0 aliphatic rings. The Morgan fingerprint density at radius 2 is 1.78 bits per heavy atom. The Labute approximate surface area is 107 Å². The maximum atomic E-state index is 13.1.